The molecule has 0 bridgehead atoms. The Morgan fingerprint density at radius 1 is 1.35 bits per heavy atom. The summed E-state index contributed by atoms with van der Waals surface area (Å²) in [5, 5.41) is 1.06. The van der Waals surface area contributed by atoms with Gasteiger partial charge in [0.25, 0.3) is 0 Å². The molecule has 88 valence electrons. The van der Waals surface area contributed by atoms with Gasteiger partial charge in [0.15, 0.2) is 0 Å². The highest BCUT2D eigenvalue weighted by Gasteiger charge is 2.26. The summed E-state index contributed by atoms with van der Waals surface area (Å²) in [5.74, 6) is 1.74. The minimum atomic E-state index is -0.0609. The van der Waals surface area contributed by atoms with E-state index in [1.165, 1.54) is 0 Å². The van der Waals surface area contributed by atoms with E-state index in [0.29, 0.717) is 5.88 Å². The molecule has 0 unspecified atom stereocenters. The molecule has 2 aromatic heterocycles. The van der Waals surface area contributed by atoms with Crippen molar-refractivity contribution in [2.24, 2.45) is 0 Å². The molecule has 1 aliphatic rings. The number of alkyl halides is 1. The van der Waals surface area contributed by atoms with Crippen molar-refractivity contribution in [1.29, 1.82) is 0 Å². The number of nitrogens with zero attached hydrogens (tertiary/aromatic N) is 2. The molecule has 1 N–H and O–H groups in total. The lowest BCUT2D eigenvalue weighted by Gasteiger charge is -2.10. The predicted octanol–water partition coefficient (Wildman–Crippen LogP) is 0.874. The Bertz CT molecular complexity index is 623. The number of H-pyrrole nitrogens is 1. The molecule has 5 heteroatoms. The van der Waals surface area contributed by atoms with Crippen LogP contribution in [0.25, 0.3) is 11.0 Å². The van der Waals surface area contributed by atoms with E-state index in [9.17, 15) is 4.79 Å². The van der Waals surface area contributed by atoms with Crippen LogP contribution in [0.2, 0.25) is 0 Å². The highest BCUT2D eigenvalue weighted by molar-refractivity contribution is 6.18. The SMILES string of the molecule is O=c1ccc2ccc3[n+](c2[nH]1)CCN3CCCl. The van der Waals surface area contributed by atoms with Crippen LogP contribution in [0.3, 0.4) is 0 Å². The number of hydrogen-bond donors (Lipinski definition) is 1. The molecular formula is C12H13ClN3O+. The summed E-state index contributed by atoms with van der Waals surface area (Å²) >= 11 is 5.78. The van der Waals surface area contributed by atoms with E-state index in [2.05, 4.69) is 20.5 Å². The second-order valence-corrected chi connectivity index (χ2v) is 4.52. The molecule has 0 aromatic carbocycles. The van der Waals surface area contributed by atoms with E-state index in [-0.39, 0.29) is 5.56 Å². The monoisotopic (exact) mass is 250 g/mol. The molecule has 0 saturated carbocycles. The first kappa shape index (κ1) is 10.6. The lowest BCUT2D eigenvalue weighted by atomic mass is 10.3. The zero-order valence-corrected chi connectivity index (χ0v) is 10.1. The minimum Gasteiger partial charge on any atom is -0.288 e. The van der Waals surface area contributed by atoms with Crippen LogP contribution in [0, 0.1) is 0 Å². The van der Waals surface area contributed by atoms with Gasteiger partial charge in [-0.05, 0) is 12.1 Å². The van der Waals surface area contributed by atoms with Gasteiger partial charge in [0.2, 0.25) is 11.5 Å². The number of aromatic amines is 1. The number of aromatic nitrogens is 2. The lowest BCUT2D eigenvalue weighted by Crippen LogP contribution is -2.34. The first-order chi connectivity index (χ1) is 8.29. The molecule has 0 spiro atoms. The molecule has 0 amide bonds. The third kappa shape index (κ3) is 1.69. The fourth-order valence-electron chi connectivity index (χ4n) is 2.37. The number of anilines is 1. The number of rotatable bonds is 2. The highest BCUT2D eigenvalue weighted by Crippen LogP contribution is 2.17. The van der Waals surface area contributed by atoms with E-state index in [1.54, 1.807) is 6.07 Å². The van der Waals surface area contributed by atoms with E-state index in [4.69, 9.17) is 11.6 Å². The Hall–Kier alpha value is -1.55. The van der Waals surface area contributed by atoms with Crippen molar-refractivity contribution in [3.8, 4) is 0 Å². The smallest absolute Gasteiger partial charge is 0.288 e. The van der Waals surface area contributed by atoms with Crippen LogP contribution in [-0.4, -0.2) is 24.0 Å². The number of pyridine rings is 2. The maximum Gasteiger partial charge on any atom is 0.304 e. The summed E-state index contributed by atoms with van der Waals surface area (Å²) in [4.78, 5) is 16.5. The van der Waals surface area contributed by atoms with Gasteiger partial charge in [-0.1, -0.05) is 0 Å². The van der Waals surface area contributed by atoms with Crippen LogP contribution in [0.4, 0.5) is 5.82 Å². The zero-order chi connectivity index (χ0) is 11.8. The Labute approximate surface area is 103 Å². The summed E-state index contributed by atoms with van der Waals surface area (Å²) in [6, 6.07) is 7.52. The van der Waals surface area contributed by atoms with Crippen LogP contribution in [-0.2, 0) is 6.54 Å². The standard InChI is InChI=1S/C12H12ClN3O/c13-5-6-15-7-8-16-11(15)4-2-9-1-3-10(17)14-12(9)16/h1-4H,5-8H2/p+1. The van der Waals surface area contributed by atoms with Gasteiger partial charge in [0, 0.05) is 17.5 Å². The van der Waals surface area contributed by atoms with Crippen molar-refractivity contribution in [3.63, 3.8) is 0 Å². The third-order valence-corrected chi connectivity index (χ3v) is 3.33. The van der Waals surface area contributed by atoms with E-state index in [0.717, 1.165) is 36.5 Å². The van der Waals surface area contributed by atoms with Crippen LogP contribution in [0.5, 0.6) is 0 Å². The van der Waals surface area contributed by atoms with Gasteiger partial charge >= 0.3 is 5.56 Å². The van der Waals surface area contributed by atoms with Crippen molar-refractivity contribution < 1.29 is 4.57 Å². The summed E-state index contributed by atoms with van der Waals surface area (Å²) < 4.78 is 2.14. The first-order valence-corrected chi connectivity index (χ1v) is 6.20. The molecular weight excluding hydrogens is 238 g/mol. The van der Waals surface area contributed by atoms with Crippen LogP contribution < -0.4 is 15.0 Å². The van der Waals surface area contributed by atoms with Gasteiger partial charge < -0.3 is 0 Å². The predicted molar refractivity (Wildman–Crippen MR) is 67.7 cm³/mol. The molecule has 0 atom stereocenters. The number of hydrogen-bond acceptors (Lipinski definition) is 2. The van der Waals surface area contributed by atoms with Crippen molar-refractivity contribution in [3.05, 3.63) is 34.6 Å². The van der Waals surface area contributed by atoms with Crippen LogP contribution >= 0.6 is 11.6 Å². The molecule has 1 aliphatic heterocycles. The molecule has 17 heavy (non-hydrogen) atoms. The third-order valence-electron chi connectivity index (χ3n) is 3.16. The molecule has 4 nitrogen and oxygen atoms in total. The van der Waals surface area contributed by atoms with Crippen molar-refractivity contribution in [1.82, 2.24) is 4.98 Å². The van der Waals surface area contributed by atoms with E-state index >= 15 is 0 Å². The van der Waals surface area contributed by atoms with Gasteiger partial charge in [-0.15, -0.1) is 11.6 Å². The molecule has 3 rings (SSSR count). The molecule has 0 fully saturated rings. The van der Waals surface area contributed by atoms with Crippen LogP contribution in [0.1, 0.15) is 0 Å². The topological polar surface area (TPSA) is 40.0 Å². The summed E-state index contributed by atoms with van der Waals surface area (Å²) in [5.41, 5.74) is 0.835. The lowest BCUT2D eigenvalue weighted by molar-refractivity contribution is -0.646. The summed E-state index contributed by atoms with van der Waals surface area (Å²) in [6.07, 6.45) is 0. The number of nitrogens with one attached hydrogen (secondary N) is 1. The Balaban J connectivity index is 2.20. The van der Waals surface area contributed by atoms with E-state index in [1.807, 2.05) is 12.1 Å². The largest absolute Gasteiger partial charge is 0.304 e. The minimum absolute atomic E-state index is 0.0609. The molecule has 0 saturated heterocycles. The maximum atomic E-state index is 11.4. The Kier molecular flexibility index (Phi) is 2.52. The van der Waals surface area contributed by atoms with Crippen molar-refractivity contribution in [2.45, 2.75) is 6.54 Å². The summed E-state index contributed by atoms with van der Waals surface area (Å²) in [6.45, 7) is 2.68. The molecule has 3 heterocycles. The Morgan fingerprint density at radius 3 is 3.00 bits per heavy atom. The molecule has 0 radical (unpaired) electrons. The average Bonchev–Trinajstić information content (AvgIpc) is 2.73. The fraction of sp³-hybridized carbons (Fsp3) is 0.333. The maximum absolute atomic E-state index is 11.4. The van der Waals surface area contributed by atoms with E-state index < -0.39 is 0 Å². The van der Waals surface area contributed by atoms with Crippen molar-refractivity contribution >= 4 is 28.5 Å². The van der Waals surface area contributed by atoms with Gasteiger partial charge in [-0.3, -0.25) is 9.69 Å². The second-order valence-electron chi connectivity index (χ2n) is 4.15. The summed E-state index contributed by atoms with van der Waals surface area (Å²) in [7, 11) is 0. The van der Waals surface area contributed by atoms with Gasteiger partial charge in [-0.25, -0.2) is 9.55 Å². The highest BCUT2D eigenvalue weighted by atomic mass is 35.5. The number of fused-ring (bicyclic) bond motifs is 3. The average molecular weight is 251 g/mol. The first-order valence-electron chi connectivity index (χ1n) is 5.66. The quantitative estimate of drug-likeness (QED) is 0.635. The molecule has 2 aromatic rings. The van der Waals surface area contributed by atoms with Gasteiger partial charge in [0.1, 0.15) is 6.54 Å². The van der Waals surface area contributed by atoms with Gasteiger partial charge in [0.05, 0.1) is 19.0 Å². The van der Waals surface area contributed by atoms with Crippen LogP contribution in [0.15, 0.2) is 29.1 Å². The number of halogens is 1. The second kappa shape index (κ2) is 4.04. The zero-order valence-electron chi connectivity index (χ0n) is 9.32. The normalized spacial score (nSPS) is 14.3. The van der Waals surface area contributed by atoms with Crippen molar-refractivity contribution in [2.75, 3.05) is 23.9 Å². The fourth-order valence-corrected chi connectivity index (χ4v) is 2.57. The molecule has 0 aliphatic carbocycles. The van der Waals surface area contributed by atoms with Gasteiger partial charge in [-0.2, -0.15) is 0 Å². The Morgan fingerprint density at radius 2 is 2.18 bits per heavy atom.